The van der Waals surface area contributed by atoms with Gasteiger partial charge in [-0.05, 0) is 23.8 Å². The van der Waals surface area contributed by atoms with Crippen molar-refractivity contribution in [2.24, 2.45) is 5.73 Å². The highest BCUT2D eigenvalue weighted by atomic mass is 16.6. The number of nitro groups is 1. The molecule has 0 atom stereocenters. The Morgan fingerprint density at radius 3 is 2.95 bits per heavy atom. The van der Waals surface area contributed by atoms with Crippen LogP contribution in [0.15, 0.2) is 42.6 Å². The summed E-state index contributed by atoms with van der Waals surface area (Å²) in [5, 5.41) is 11.5. The fourth-order valence-electron chi connectivity index (χ4n) is 1.64. The summed E-state index contributed by atoms with van der Waals surface area (Å²) < 4.78 is 5.56. The third kappa shape index (κ3) is 2.69. The van der Waals surface area contributed by atoms with Crippen molar-refractivity contribution in [3.05, 3.63) is 52.7 Å². The van der Waals surface area contributed by atoms with Crippen LogP contribution < -0.4 is 10.5 Å². The quantitative estimate of drug-likeness (QED) is 0.504. The van der Waals surface area contributed by atoms with Gasteiger partial charge in [0.05, 0.1) is 4.92 Å². The topological polar surface area (TPSA) is 91.3 Å². The predicted octanol–water partition coefficient (Wildman–Crippen LogP) is 2.04. The number of hydrogen-bond acceptors (Lipinski definition) is 5. The number of nitrogens with zero attached hydrogens (tertiary/aromatic N) is 2. The molecule has 0 amide bonds. The lowest BCUT2D eigenvalue weighted by Gasteiger charge is -2.09. The third-order valence-corrected chi connectivity index (χ3v) is 2.63. The van der Waals surface area contributed by atoms with E-state index in [4.69, 9.17) is 10.5 Å². The largest absolute Gasteiger partial charge is 0.488 e. The minimum Gasteiger partial charge on any atom is -0.488 e. The molecule has 0 aliphatic rings. The molecule has 0 radical (unpaired) electrons. The van der Waals surface area contributed by atoms with Gasteiger partial charge >= 0.3 is 0 Å². The molecule has 0 saturated heterocycles. The molecular formula is C13H13N3O3. The molecule has 98 valence electrons. The normalized spacial score (nSPS) is 10.4. The Kier molecular flexibility index (Phi) is 3.72. The van der Waals surface area contributed by atoms with E-state index in [1.807, 2.05) is 0 Å². The maximum Gasteiger partial charge on any atom is 0.295 e. The summed E-state index contributed by atoms with van der Waals surface area (Å²) in [5.74, 6) is 0.531. The van der Waals surface area contributed by atoms with Crippen LogP contribution in [-0.2, 0) is 0 Å². The number of ether oxygens (including phenoxy) is 1. The summed E-state index contributed by atoms with van der Waals surface area (Å²) in [4.78, 5) is 14.5. The van der Waals surface area contributed by atoms with E-state index in [-0.39, 0.29) is 12.3 Å². The number of nitro benzene ring substituents is 1. The summed E-state index contributed by atoms with van der Waals surface area (Å²) in [6.45, 7) is 4.35. The maximum absolute atomic E-state index is 10.9. The summed E-state index contributed by atoms with van der Waals surface area (Å²) >= 11 is 0. The third-order valence-electron chi connectivity index (χ3n) is 2.63. The highest BCUT2D eigenvalue weighted by molar-refractivity contribution is 5.91. The van der Waals surface area contributed by atoms with Crippen LogP contribution in [0.4, 0.5) is 5.69 Å². The second-order valence-electron chi connectivity index (χ2n) is 3.98. The lowest BCUT2D eigenvalue weighted by atomic mass is 10.1. The highest BCUT2D eigenvalue weighted by Gasteiger charge is 2.15. The fourth-order valence-corrected chi connectivity index (χ4v) is 1.64. The minimum atomic E-state index is -0.460. The summed E-state index contributed by atoms with van der Waals surface area (Å²) in [6, 6.07) is 6.38. The lowest BCUT2D eigenvalue weighted by molar-refractivity contribution is -0.383. The number of hydrogen-bond donors (Lipinski definition) is 1. The van der Waals surface area contributed by atoms with Crippen molar-refractivity contribution in [1.29, 1.82) is 0 Å². The first kappa shape index (κ1) is 13.0. The molecule has 6 nitrogen and oxygen atoms in total. The van der Waals surface area contributed by atoms with E-state index in [0.717, 1.165) is 5.57 Å². The van der Waals surface area contributed by atoms with Crippen molar-refractivity contribution < 1.29 is 9.66 Å². The van der Waals surface area contributed by atoms with E-state index in [2.05, 4.69) is 11.6 Å². The van der Waals surface area contributed by atoms with Crippen molar-refractivity contribution in [2.75, 3.05) is 13.2 Å². The molecule has 1 aromatic heterocycles. The van der Waals surface area contributed by atoms with Crippen molar-refractivity contribution in [1.82, 2.24) is 4.98 Å². The van der Waals surface area contributed by atoms with Gasteiger partial charge < -0.3 is 10.5 Å². The van der Waals surface area contributed by atoms with Gasteiger partial charge in [-0.1, -0.05) is 6.58 Å². The Labute approximate surface area is 109 Å². The Morgan fingerprint density at radius 1 is 1.47 bits per heavy atom. The smallest absolute Gasteiger partial charge is 0.295 e. The molecule has 2 rings (SSSR count). The molecule has 0 saturated carbocycles. The number of fused-ring (bicyclic) bond motifs is 1. The van der Waals surface area contributed by atoms with Gasteiger partial charge in [0.15, 0.2) is 5.52 Å². The van der Waals surface area contributed by atoms with Crippen LogP contribution in [0.25, 0.3) is 10.9 Å². The van der Waals surface area contributed by atoms with Gasteiger partial charge in [0.2, 0.25) is 0 Å². The van der Waals surface area contributed by atoms with Gasteiger partial charge in [-0.25, -0.2) is 4.98 Å². The first-order valence-corrected chi connectivity index (χ1v) is 5.65. The molecule has 1 aromatic carbocycles. The van der Waals surface area contributed by atoms with E-state index in [9.17, 15) is 10.1 Å². The average Bonchev–Trinajstić information content (AvgIpc) is 2.43. The van der Waals surface area contributed by atoms with Crippen molar-refractivity contribution in [2.45, 2.75) is 0 Å². The Balaban J connectivity index is 2.44. The Bertz CT molecular complexity index is 640. The van der Waals surface area contributed by atoms with Crippen LogP contribution in [-0.4, -0.2) is 23.1 Å². The molecule has 0 aliphatic carbocycles. The standard InChI is InChI=1S/C13H13N3O3/c1-9(7-14)8-19-12-5-4-11(16(17)18)13-10(12)3-2-6-15-13/h2-6H,1,7-8,14H2. The molecule has 19 heavy (non-hydrogen) atoms. The van der Waals surface area contributed by atoms with Crippen LogP contribution in [0.3, 0.4) is 0 Å². The second-order valence-corrected chi connectivity index (χ2v) is 3.98. The van der Waals surface area contributed by atoms with Gasteiger partial charge in [-0.3, -0.25) is 10.1 Å². The molecule has 0 spiro atoms. The summed E-state index contributed by atoms with van der Waals surface area (Å²) in [5.41, 5.74) is 6.44. The molecule has 2 N–H and O–H groups in total. The number of benzene rings is 1. The molecule has 0 bridgehead atoms. The molecule has 0 unspecified atom stereocenters. The first-order valence-electron chi connectivity index (χ1n) is 5.65. The van der Waals surface area contributed by atoms with E-state index in [0.29, 0.717) is 23.2 Å². The van der Waals surface area contributed by atoms with Gasteiger partial charge in [0, 0.05) is 24.2 Å². The SMILES string of the molecule is C=C(CN)COc1ccc([N+](=O)[O-])c2ncccc12. The molecule has 0 fully saturated rings. The van der Waals surface area contributed by atoms with Crippen molar-refractivity contribution in [3.63, 3.8) is 0 Å². The van der Waals surface area contributed by atoms with E-state index in [1.54, 1.807) is 18.2 Å². The van der Waals surface area contributed by atoms with Gasteiger partial charge in [0.25, 0.3) is 5.69 Å². The zero-order valence-electron chi connectivity index (χ0n) is 10.2. The summed E-state index contributed by atoms with van der Waals surface area (Å²) in [6.07, 6.45) is 1.51. The average molecular weight is 259 g/mol. The molecule has 1 heterocycles. The van der Waals surface area contributed by atoms with E-state index in [1.165, 1.54) is 12.3 Å². The van der Waals surface area contributed by atoms with Crippen LogP contribution >= 0.6 is 0 Å². The van der Waals surface area contributed by atoms with Crippen LogP contribution in [0.2, 0.25) is 0 Å². The van der Waals surface area contributed by atoms with Crippen molar-refractivity contribution >= 4 is 16.6 Å². The number of nitrogens with two attached hydrogens (primary N) is 1. The Hall–Kier alpha value is -2.47. The van der Waals surface area contributed by atoms with Gasteiger partial charge in [-0.2, -0.15) is 0 Å². The Morgan fingerprint density at radius 2 is 2.26 bits per heavy atom. The van der Waals surface area contributed by atoms with Gasteiger partial charge in [-0.15, -0.1) is 0 Å². The summed E-state index contributed by atoms with van der Waals surface area (Å²) in [7, 11) is 0. The van der Waals surface area contributed by atoms with Crippen LogP contribution in [0, 0.1) is 10.1 Å². The predicted molar refractivity (Wildman–Crippen MR) is 72.1 cm³/mol. The van der Waals surface area contributed by atoms with Crippen LogP contribution in [0.1, 0.15) is 0 Å². The molecule has 0 aliphatic heterocycles. The first-order chi connectivity index (χ1) is 9.13. The number of non-ortho nitro benzene ring substituents is 1. The molecule has 2 aromatic rings. The highest BCUT2D eigenvalue weighted by Crippen LogP contribution is 2.31. The van der Waals surface area contributed by atoms with E-state index < -0.39 is 4.92 Å². The van der Waals surface area contributed by atoms with Gasteiger partial charge in [0.1, 0.15) is 12.4 Å². The minimum absolute atomic E-state index is 0.0411. The van der Waals surface area contributed by atoms with Crippen LogP contribution in [0.5, 0.6) is 5.75 Å². The maximum atomic E-state index is 10.9. The molecular weight excluding hydrogens is 246 g/mol. The zero-order valence-corrected chi connectivity index (χ0v) is 10.2. The van der Waals surface area contributed by atoms with E-state index >= 15 is 0 Å². The zero-order chi connectivity index (χ0) is 13.8. The monoisotopic (exact) mass is 259 g/mol. The number of aromatic nitrogens is 1. The molecule has 6 heteroatoms. The second kappa shape index (κ2) is 5.45. The van der Waals surface area contributed by atoms with Crippen molar-refractivity contribution in [3.8, 4) is 5.75 Å². The fraction of sp³-hybridized carbons (Fsp3) is 0.154. The number of rotatable bonds is 5. The number of pyridine rings is 1. The lowest BCUT2D eigenvalue weighted by Crippen LogP contribution is -2.10.